The lowest BCUT2D eigenvalue weighted by atomic mass is 10.2. The Labute approximate surface area is 162 Å². The number of para-hydroxylation sites is 1. The third-order valence-electron chi connectivity index (χ3n) is 4.55. The summed E-state index contributed by atoms with van der Waals surface area (Å²) >= 11 is 1.62. The van der Waals surface area contributed by atoms with Gasteiger partial charge >= 0.3 is 0 Å². The summed E-state index contributed by atoms with van der Waals surface area (Å²) < 4.78 is 20.8. The molecule has 1 atom stereocenters. The van der Waals surface area contributed by atoms with E-state index in [1.54, 1.807) is 11.8 Å². The summed E-state index contributed by atoms with van der Waals surface area (Å²) in [6.45, 7) is 5.06. The van der Waals surface area contributed by atoms with Crippen molar-refractivity contribution in [2.24, 2.45) is 0 Å². The van der Waals surface area contributed by atoms with E-state index in [-0.39, 0.29) is 11.1 Å². The second kappa shape index (κ2) is 8.10. The van der Waals surface area contributed by atoms with Crippen LogP contribution in [0.25, 0.3) is 5.69 Å². The molecular formula is C20H21FN4OS. The van der Waals surface area contributed by atoms with Crippen molar-refractivity contribution in [3.63, 3.8) is 0 Å². The van der Waals surface area contributed by atoms with Crippen LogP contribution in [0, 0.1) is 5.82 Å². The van der Waals surface area contributed by atoms with E-state index in [0.717, 1.165) is 35.4 Å². The van der Waals surface area contributed by atoms with Crippen LogP contribution in [0.1, 0.15) is 17.7 Å². The summed E-state index contributed by atoms with van der Waals surface area (Å²) in [5.74, 6) is 0.608. The zero-order valence-electron chi connectivity index (χ0n) is 15.1. The molecule has 0 spiro atoms. The second-order valence-electron chi connectivity index (χ2n) is 6.36. The third-order valence-corrected chi connectivity index (χ3v) is 5.65. The maximum absolute atomic E-state index is 13.2. The molecule has 7 heteroatoms. The monoisotopic (exact) mass is 384 g/mol. The minimum Gasteiger partial charge on any atom is -0.378 e. The lowest BCUT2D eigenvalue weighted by Crippen LogP contribution is -2.37. The summed E-state index contributed by atoms with van der Waals surface area (Å²) in [6.07, 6.45) is 0. The molecule has 0 N–H and O–H groups in total. The lowest BCUT2D eigenvalue weighted by Gasteiger charge is -2.28. The number of nitrogens with zero attached hydrogens (tertiary/aromatic N) is 4. The van der Waals surface area contributed by atoms with Crippen molar-refractivity contribution in [2.45, 2.75) is 17.3 Å². The van der Waals surface area contributed by atoms with Crippen LogP contribution >= 0.6 is 11.8 Å². The first-order chi connectivity index (χ1) is 13.2. The van der Waals surface area contributed by atoms with Gasteiger partial charge in [-0.2, -0.15) is 0 Å². The zero-order valence-corrected chi connectivity index (χ0v) is 15.9. The van der Waals surface area contributed by atoms with Crippen molar-refractivity contribution in [1.82, 2.24) is 14.8 Å². The van der Waals surface area contributed by atoms with Gasteiger partial charge in [0.15, 0.2) is 5.16 Å². The number of thioether (sulfide) groups is 1. The van der Waals surface area contributed by atoms with Crippen LogP contribution in [0.4, 0.5) is 10.3 Å². The molecule has 0 radical (unpaired) electrons. The van der Waals surface area contributed by atoms with Gasteiger partial charge in [-0.15, -0.1) is 10.2 Å². The quantitative estimate of drug-likeness (QED) is 0.620. The summed E-state index contributed by atoms with van der Waals surface area (Å²) in [5, 5.41) is 9.89. The molecule has 1 aromatic heterocycles. The van der Waals surface area contributed by atoms with Crippen molar-refractivity contribution in [1.29, 1.82) is 0 Å². The number of hydrogen-bond donors (Lipinski definition) is 0. The average molecular weight is 384 g/mol. The van der Waals surface area contributed by atoms with E-state index in [2.05, 4.69) is 38.7 Å². The molecule has 4 rings (SSSR count). The highest BCUT2D eigenvalue weighted by Gasteiger charge is 2.23. The minimum absolute atomic E-state index is 0.120. The Bertz CT molecular complexity index is 879. The molecule has 0 saturated carbocycles. The topological polar surface area (TPSA) is 43.2 Å². The van der Waals surface area contributed by atoms with Crippen molar-refractivity contribution in [2.75, 3.05) is 31.2 Å². The molecule has 1 aliphatic heterocycles. The van der Waals surface area contributed by atoms with Crippen LogP contribution in [0.2, 0.25) is 0 Å². The predicted octanol–water partition coefficient (Wildman–Crippen LogP) is 4.10. The van der Waals surface area contributed by atoms with E-state index >= 15 is 0 Å². The highest BCUT2D eigenvalue weighted by Crippen LogP contribution is 2.36. The summed E-state index contributed by atoms with van der Waals surface area (Å²) in [6, 6.07) is 16.8. The van der Waals surface area contributed by atoms with Gasteiger partial charge in [-0.1, -0.05) is 42.1 Å². The fraction of sp³-hybridized carbons (Fsp3) is 0.300. The smallest absolute Gasteiger partial charge is 0.232 e. The number of anilines is 1. The summed E-state index contributed by atoms with van der Waals surface area (Å²) in [7, 11) is 0. The molecule has 140 valence electrons. The zero-order chi connectivity index (χ0) is 18.6. The number of ether oxygens (including phenoxy) is 1. The van der Waals surface area contributed by atoms with E-state index in [1.807, 2.05) is 30.3 Å². The number of aromatic nitrogens is 3. The Hall–Kier alpha value is -2.38. The Morgan fingerprint density at radius 1 is 1.00 bits per heavy atom. The first kappa shape index (κ1) is 18.0. The van der Waals surface area contributed by atoms with Crippen LogP contribution in [-0.2, 0) is 4.74 Å². The second-order valence-corrected chi connectivity index (χ2v) is 7.67. The Kier molecular flexibility index (Phi) is 5.40. The standard InChI is InChI=1S/C20H21FN4OS/c1-15(16-7-9-17(21)10-8-16)27-20-23-22-19(24-11-13-26-14-12-24)25(20)18-5-3-2-4-6-18/h2-10,15H,11-14H2,1H3/t15-/m0/s1. The number of morpholine rings is 1. The van der Waals surface area contributed by atoms with Gasteiger partial charge in [0.2, 0.25) is 5.95 Å². The molecule has 2 aromatic carbocycles. The maximum atomic E-state index is 13.2. The molecule has 2 heterocycles. The van der Waals surface area contributed by atoms with Gasteiger partial charge in [0, 0.05) is 18.3 Å². The van der Waals surface area contributed by atoms with E-state index in [9.17, 15) is 4.39 Å². The van der Waals surface area contributed by atoms with Gasteiger partial charge in [-0.05, 0) is 36.8 Å². The van der Waals surface area contributed by atoms with Gasteiger partial charge in [-0.3, -0.25) is 4.57 Å². The molecule has 1 fully saturated rings. The fourth-order valence-electron chi connectivity index (χ4n) is 3.07. The van der Waals surface area contributed by atoms with Crippen molar-refractivity contribution < 1.29 is 9.13 Å². The van der Waals surface area contributed by atoms with Gasteiger partial charge < -0.3 is 9.64 Å². The highest BCUT2D eigenvalue weighted by molar-refractivity contribution is 7.99. The Morgan fingerprint density at radius 3 is 2.41 bits per heavy atom. The molecule has 1 aliphatic rings. The van der Waals surface area contributed by atoms with Crippen LogP contribution < -0.4 is 4.90 Å². The van der Waals surface area contributed by atoms with Crippen LogP contribution in [0.3, 0.4) is 0 Å². The molecule has 27 heavy (non-hydrogen) atoms. The van der Waals surface area contributed by atoms with Gasteiger partial charge in [-0.25, -0.2) is 4.39 Å². The summed E-state index contributed by atoms with van der Waals surface area (Å²) in [5.41, 5.74) is 2.08. The van der Waals surface area contributed by atoms with Crippen molar-refractivity contribution in [3.8, 4) is 5.69 Å². The lowest BCUT2D eigenvalue weighted by molar-refractivity contribution is 0.122. The fourth-order valence-corrected chi connectivity index (χ4v) is 4.06. The number of hydrogen-bond acceptors (Lipinski definition) is 5. The normalized spacial score (nSPS) is 15.7. The van der Waals surface area contributed by atoms with Gasteiger partial charge in [0.05, 0.1) is 18.9 Å². The van der Waals surface area contributed by atoms with Crippen LogP contribution in [-0.4, -0.2) is 41.1 Å². The van der Waals surface area contributed by atoms with E-state index in [1.165, 1.54) is 12.1 Å². The third kappa shape index (κ3) is 3.99. The van der Waals surface area contributed by atoms with E-state index in [4.69, 9.17) is 4.74 Å². The highest BCUT2D eigenvalue weighted by atomic mass is 32.2. The Balaban J connectivity index is 1.67. The van der Waals surface area contributed by atoms with E-state index in [0.29, 0.717) is 13.2 Å². The van der Waals surface area contributed by atoms with Crippen LogP contribution in [0.5, 0.6) is 0 Å². The average Bonchev–Trinajstić information content (AvgIpc) is 3.13. The number of benzene rings is 2. The largest absolute Gasteiger partial charge is 0.378 e. The Morgan fingerprint density at radius 2 is 1.70 bits per heavy atom. The molecule has 0 aliphatic carbocycles. The molecule has 5 nitrogen and oxygen atoms in total. The van der Waals surface area contributed by atoms with Gasteiger partial charge in [0.1, 0.15) is 5.82 Å². The first-order valence-corrected chi connectivity index (χ1v) is 9.86. The SMILES string of the molecule is C[C@H](Sc1nnc(N2CCOCC2)n1-c1ccccc1)c1ccc(F)cc1. The maximum Gasteiger partial charge on any atom is 0.232 e. The van der Waals surface area contributed by atoms with E-state index < -0.39 is 0 Å². The number of halogens is 1. The molecule has 0 amide bonds. The van der Waals surface area contributed by atoms with Gasteiger partial charge in [0.25, 0.3) is 0 Å². The minimum atomic E-state index is -0.224. The van der Waals surface area contributed by atoms with Crippen molar-refractivity contribution >= 4 is 17.7 Å². The molecule has 1 saturated heterocycles. The summed E-state index contributed by atoms with van der Waals surface area (Å²) in [4.78, 5) is 2.20. The van der Waals surface area contributed by atoms with Crippen molar-refractivity contribution in [3.05, 3.63) is 66.0 Å². The first-order valence-electron chi connectivity index (χ1n) is 8.98. The number of rotatable bonds is 5. The molecule has 0 bridgehead atoms. The molecule has 3 aromatic rings. The molecular weight excluding hydrogens is 363 g/mol. The van der Waals surface area contributed by atoms with Crippen LogP contribution in [0.15, 0.2) is 59.8 Å². The predicted molar refractivity (Wildman–Crippen MR) is 105 cm³/mol. The molecule has 0 unspecified atom stereocenters.